The lowest BCUT2D eigenvalue weighted by molar-refractivity contribution is 0.409. The molecule has 1 N–H and O–H groups in total. The summed E-state index contributed by atoms with van der Waals surface area (Å²) in [6.45, 7) is 1.05. The number of nitrogens with zero attached hydrogens (tertiary/aromatic N) is 2. The number of hydrogen-bond donors (Lipinski definition) is 1. The van der Waals surface area contributed by atoms with Crippen LogP contribution in [0, 0.1) is 0 Å². The number of imidazole rings is 1. The Labute approximate surface area is 119 Å². The summed E-state index contributed by atoms with van der Waals surface area (Å²) in [6.07, 6.45) is 7.00. The minimum Gasteiger partial charge on any atom is -0.497 e. The summed E-state index contributed by atoms with van der Waals surface area (Å²) in [4.78, 5) is 4.40. The standard InChI is InChI=1S/C16H21N3O/c1-19-10-9-18-16(19)6-5-15-14-11-13(20-2)4-3-12(14)7-8-17-15/h3-4,9-11,15,17H,5-8H2,1-2H3. The van der Waals surface area contributed by atoms with E-state index in [1.165, 1.54) is 11.1 Å². The monoisotopic (exact) mass is 271 g/mol. The predicted octanol–water partition coefficient (Wildman–Crippen LogP) is 2.25. The van der Waals surface area contributed by atoms with E-state index in [0.29, 0.717) is 6.04 Å². The Hall–Kier alpha value is -1.81. The maximum absolute atomic E-state index is 5.35. The molecular formula is C16H21N3O. The number of ether oxygens (including phenoxy) is 1. The molecule has 0 saturated carbocycles. The highest BCUT2D eigenvalue weighted by molar-refractivity contribution is 5.39. The summed E-state index contributed by atoms with van der Waals surface area (Å²) >= 11 is 0. The average molecular weight is 271 g/mol. The molecule has 0 fully saturated rings. The summed E-state index contributed by atoms with van der Waals surface area (Å²) in [5.74, 6) is 2.08. The fourth-order valence-electron chi connectivity index (χ4n) is 2.91. The van der Waals surface area contributed by atoms with E-state index in [1.54, 1.807) is 7.11 Å². The van der Waals surface area contributed by atoms with Gasteiger partial charge in [-0.1, -0.05) is 6.07 Å². The van der Waals surface area contributed by atoms with Crippen LogP contribution in [0.4, 0.5) is 0 Å². The smallest absolute Gasteiger partial charge is 0.119 e. The molecule has 1 aliphatic heterocycles. The van der Waals surface area contributed by atoms with E-state index in [0.717, 1.165) is 37.4 Å². The molecule has 20 heavy (non-hydrogen) atoms. The van der Waals surface area contributed by atoms with Gasteiger partial charge in [0.05, 0.1) is 7.11 Å². The van der Waals surface area contributed by atoms with Gasteiger partial charge in [0.2, 0.25) is 0 Å². The van der Waals surface area contributed by atoms with Crippen molar-refractivity contribution in [3.05, 3.63) is 47.5 Å². The maximum atomic E-state index is 5.35. The van der Waals surface area contributed by atoms with Gasteiger partial charge in [0.25, 0.3) is 0 Å². The second-order valence-corrected chi connectivity index (χ2v) is 5.31. The summed E-state index contributed by atoms with van der Waals surface area (Å²) < 4.78 is 7.45. The topological polar surface area (TPSA) is 39.1 Å². The molecule has 0 amide bonds. The van der Waals surface area contributed by atoms with Crippen LogP contribution < -0.4 is 10.1 Å². The lowest BCUT2D eigenvalue weighted by atomic mass is 9.91. The van der Waals surface area contributed by atoms with Crippen LogP contribution in [0.2, 0.25) is 0 Å². The Morgan fingerprint density at radius 1 is 1.45 bits per heavy atom. The number of benzene rings is 1. The van der Waals surface area contributed by atoms with Gasteiger partial charge in [-0.15, -0.1) is 0 Å². The first-order chi connectivity index (χ1) is 9.78. The Kier molecular flexibility index (Phi) is 3.74. The van der Waals surface area contributed by atoms with Crippen LogP contribution in [-0.2, 0) is 19.9 Å². The summed E-state index contributed by atoms with van der Waals surface area (Å²) in [5.41, 5.74) is 2.82. The molecule has 1 aliphatic rings. The van der Waals surface area contributed by atoms with Crippen LogP contribution in [-0.4, -0.2) is 23.2 Å². The zero-order chi connectivity index (χ0) is 13.9. The fourth-order valence-corrected chi connectivity index (χ4v) is 2.91. The number of nitrogens with one attached hydrogen (secondary N) is 1. The average Bonchev–Trinajstić information content (AvgIpc) is 2.89. The first-order valence-corrected chi connectivity index (χ1v) is 7.14. The van der Waals surface area contributed by atoms with E-state index in [4.69, 9.17) is 4.74 Å². The largest absolute Gasteiger partial charge is 0.497 e. The van der Waals surface area contributed by atoms with Crippen molar-refractivity contribution in [3.63, 3.8) is 0 Å². The summed E-state index contributed by atoms with van der Waals surface area (Å²) in [7, 11) is 3.77. The van der Waals surface area contributed by atoms with Crippen molar-refractivity contribution < 1.29 is 4.74 Å². The highest BCUT2D eigenvalue weighted by Gasteiger charge is 2.20. The van der Waals surface area contributed by atoms with E-state index >= 15 is 0 Å². The van der Waals surface area contributed by atoms with Crippen molar-refractivity contribution >= 4 is 0 Å². The fraction of sp³-hybridized carbons (Fsp3) is 0.438. The number of rotatable bonds is 4. The molecule has 0 aliphatic carbocycles. The van der Waals surface area contributed by atoms with Crippen molar-refractivity contribution in [1.82, 2.24) is 14.9 Å². The van der Waals surface area contributed by atoms with Gasteiger partial charge in [0, 0.05) is 31.9 Å². The van der Waals surface area contributed by atoms with Crippen molar-refractivity contribution in [2.75, 3.05) is 13.7 Å². The highest BCUT2D eigenvalue weighted by Crippen LogP contribution is 2.29. The van der Waals surface area contributed by atoms with Gasteiger partial charge >= 0.3 is 0 Å². The van der Waals surface area contributed by atoms with Gasteiger partial charge in [-0.25, -0.2) is 4.98 Å². The second kappa shape index (κ2) is 5.67. The van der Waals surface area contributed by atoms with E-state index in [1.807, 2.05) is 19.4 Å². The molecule has 4 nitrogen and oxygen atoms in total. The van der Waals surface area contributed by atoms with Crippen molar-refractivity contribution in [2.24, 2.45) is 7.05 Å². The SMILES string of the molecule is COc1ccc2c(c1)C(CCc1nccn1C)NCC2. The molecule has 1 aromatic carbocycles. The molecule has 0 radical (unpaired) electrons. The first-order valence-electron chi connectivity index (χ1n) is 7.14. The molecule has 4 heteroatoms. The summed E-state index contributed by atoms with van der Waals surface area (Å²) in [5, 5.41) is 3.62. The number of fused-ring (bicyclic) bond motifs is 1. The van der Waals surface area contributed by atoms with Crippen LogP contribution in [0.25, 0.3) is 0 Å². The quantitative estimate of drug-likeness (QED) is 0.927. The zero-order valence-corrected chi connectivity index (χ0v) is 12.1. The Bertz CT molecular complexity index is 591. The molecule has 2 aromatic rings. The lowest BCUT2D eigenvalue weighted by Gasteiger charge is -2.27. The first kappa shape index (κ1) is 13.2. The van der Waals surface area contributed by atoms with E-state index in [2.05, 4.69) is 33.1 Å². The molecule has 3 rings (SSSR count). The number of hydrogen-bond acceptors (Lipinski definition) is 3. The van der Waals surface area contributed by atoms with Gasteiger partial charge in [-0.2, -0.15) is 0 Å². The number of aryl methyl sites for hydroxylation is 2. The molecular weight excluding hydrogens is 250 g/mol. The molecule has 2 heterocycles. The third-order valence-corrected chi connectivity index (χ3v) is 4.09. The van der Waals surface area contributed by atoms with Crippen molar-refractivity contribution in [2.45, 2.75) is 25.3 Å². The molecule has 106 valence electrons. The predicted molar refractivity (Wildman–Crippen MR) is 79.0 cm³/mol. The second-order valence-electron chi connectivity index (χ2n) is 5.31. The minimum atomic E-state index is 0.394. The van der Waals surface area contributed by atoms with Gasteiger partial charge in [0.15, 0.2) is 0 Å². The van der Waals surface area contributed by atoms with Crippen molar-refractivity contribution in [3.8, 4) is 5.75 Å². The molecule has 1 unspecified atom stereocenters. The van der Waals surface area contributed by atoms with Gasteiger partial charge in [-0.05, 0) is 42.6 Å². The number of methoxy groups -OCH3 is 1. The number of aromatic nitrogens is 2. The normalized spacial score (nSPS) is 17.8. The molecule has 1 aromatic heterocycles. The minimum absolute atomic E-state index is 0.394. The highest BCUT2D eigenvalue weighted by atomic mass is 16.5. The van der Waals surface area contributed by atoms with Gasteiger partial charge < -0.3 is 14.6 Å². The summed E-state index contributed by atoms with van der Waals surface area (Å²) in [6, 6.07) is 6.82. The third kappa shape index (κ3) is 2.56. The third-order valence-electron chi connectivity index (χ3n) is 4.09. The Balaban J connectivity index is 1.77. The van der Waals surface area contributed by atoms with Crippen LogP contribution >= 0.6 is 0 Å². The van der Waals surface area contributed by atoms with E-state index in [9.17, 15) is 0 Å². The Morgan fingerprint density at radius 2 is 2.35 bits per heavy atom. The van der Waals surface area contributed by atoms with Crippen LogP contribution in [0.5, 0.6) is 5.75 Å². The van der Waals surface area contributed by atoms with E-state index < -0.39 is 0 Å². The van der Waals surface area contributed by atoms with Crippen LogP contribution in [0.1, 0.15) is 29.4 Å². The van der Waals surface area contributed by atoms with Gasteiger partial charge in [-0.3, -0.25) is 0 Å². The van der Waals surface area contributed by atoms with E-state index in [-0.39, 0.29) is 0 Å². The molecule has 1 atom stereocenters. The molecule has 0 saturated heterocycles. The van der Waals surface area contributed by atoms with Crippen LogP contribution in [0.15, 0.2) is 30.6 Å². The molecule has 0 spiro atoms. The zero-order valence-electron chi connectivity index (χ0n) is 12.1. The lowest BCUT2D eigenvalue weighted by Crippen LogP contribution is -2.30. The Morgan fingerprint density at radius 3 is 3.10 bits per heavy atom. The maximum Gasteiger partial charge on any atom is 0.119 e. The van der Waals surface area contributed by atoms with Gasteiger partial charge in [0.1, 0.15) is 11.6 Å². The van der Waals surface area contributed by atoms with Crippen molar-refractivity contribution in [1.29, 1.82) is 0 Å². The molecule has 0 bridgehead atoms. The van der Waals surface area contributed by atoms with Crippen LogP contribution in [0.3, 0.4) is 0 Å².